The topological polar surface area (TPSA) is 46.5 Å². The molecule has 0 saturated heterocycles. The Balaban J connectivity index is 0.00000112. The van der Waals surface area contributed by atoms with Crippen molar-refractivity contribution >= 4 is 43.1 Å². The molecule has 0 saturated carbocycles. The van der Waals surface area contributed by atoms with Crippen molar-refractivity contribution in [1.82, 2.24) is 0 Å². The first-order valence-corrected chi connectivity index (χ1v) is 4.15. The molecule has 0 aliphatic heterocycles. The maximum absolute atomic E-state index is 10.3. The molecule has 4 heteroatoms. The van der Waals surface area contributed by atoms with Gasteiger partial charge in [-0.25, -0.2) is 4.79 Å². The van der Waals surface area contributed by atoms with Gasteiger partial charge in [0.25, 0.3) is 0 Å². The number of ether oxygens (including phenoxy) is 1. The molecule has 0 heterocycles. The predicted octanol–water partition coefficient (Wildman–Crippen LogP) is 2.52. The average Bonchev–Trinajstić information content (AvgIpc) is 2.17. The second-order valence-corrected chi connectivity index (χ2v) is 2.88. The Bertz CT molecular complexity index is 482. The van der Waals surface area contributed by atoms with Crippen molar-refractivity contribution < 1.29 is 14.6 Å². The van der Waals surface area contributed by atoms with Crippen molar-refractivity contribution in [3.8, 4) is 5.75 Å². The third-order valence-electron chi connectivity index (χ3n) is 1.93. The van der Waals surface area contributed by atoms with Gasteiger partial charge in [0.1, 0.15) is 5.75 Å². The first-order chi connectivity index (χ1) is 6.75. The van der Waals surface area contributed by atoms with E-state index in [2.05, 4.69) is 4.74 Å². The Morgan fingerprint density at radius 1 is 1.07 bits per heavy atom. The Hall–Kier alpha value is -1.15. The van der Waals surface area contributed by atoms with Crippen LogP contribution in [0.15, 0.2) is 42.5 Å². The molecule has 2 aromatic carbocycles. The molecule has 2 aromatic rings. The van der Waals surface area contributed by atoms with Gasteiger partial charge in [-0.05, 0) is 22.9 Å². The summed E-state index contributed by atoms with van der Waals surface area (Å²) in [6.07, 6.45) is -1.29. The van der Waals surface area contributed by atoms with Crippen LogP contribution in [0.1, 0.15) is 0 Å². The Labute approximate surface area is 106 Å². The van der Waals surface area contributed by atoms with Crippen LogP contribution < -0.4 is 4.74 Å². The average molecular weight is 397 g/mol. The summed E-state index contributed by atoms with van der Waals surface area (Å²) in [6, 6.07) is 12.9. The normalized spacial score (nSPS) is 9.33. The SMILES string of the molecule is O=C(O)Oc1ccc2ccccc2c1.[Bi]. The van der Waals surface area contributed by atoms with Crippen LogP contribution in [-0.2, 0) is 0 Å². The molecule has 0 aliphatic carbocycles. The zero-order chi connectivity index (χ0) is 9.97. The molecule has 3 radical (unpaired) electrons. The molecular formula is C11H8BiO3. The summed E-state index contributed by atoms with van der Waals surface area (Å²) >= 11 is 0. The Kier molecular flexibility index (Phi) is 4.04. The summed E-state index contributed by atoms with van der Waals surface area (Å²) < 4.78 is 4.54. The van der Waals surface area contributed by atoms with Crippen LogP contribution in [0.25, 0.3) is 10.8 Å². The minimum absolute atomic E-state index is 0. The number of rotatable bonds is 1. The van der Waals surface area contributed by atoms with Gasteiger partial charge in [0.05, 0.1) is 0 Å². The van der Waals surface area contributed by atoms with Crippen molar-refractivity contribution in [2.24, 2.45) is 0 Å². The molecule has 0 bridgehead atoms. The number of fused-ring (bicyclic) bond motifs is 1. The van der Waals surface area contributed by atoms with E-state index in [1.54, 1.807) is 12.1 Å². The number of benzene rings is 2. The summed E-state index contributed by atoms with van der Waals surface area (Å²) in [5, 5.41) is 10.4. The monoisotopic (exact) mass is 397 g/mol. The van der Waals surface area contributed by atoms with E-state index in [0.29, 0.717) is 5.75 Å². The fraction of sp³-hybridized carbons (Fsp3) is 0. The summed E-state index contributed by atoms with van der Waals surface area (Å²) in [5.74, 6) is 0.344. The van der Waals surface area contributed by atoms with Gasteiger partial charge in [-0.2, -0.15) is 0 Å². The molecule has 0 spiro atoms. The molecule has 15 heavy (non-hydrogen) atoms. The number of hydrogen-bond acceptors (Lipinski definition) is 2. The zero-order valence-corrected chi connectivity index (χ0v) is 11.2. The van der Waals surface area contributed by atoms with Crippen LogP contribution >= 0.6 is 0 Å². The van der Waals surface area contributed by atoms with E-state index in [4.69, 9.17) is 5.11 Å². The molecule has 0 aromatic heterocycles. The van der Waals surface area contributed by atoms with Gasteiger partial charge in [0.2, 0.25) is 0 Å². The second-order valence-electron chi connectivity index (χ2n) is 2.88. The van der Waals surface area contributed by atoms with Gasteiger partial charge in [0.15, 0.2) is 0 Å². The van der Waals surface area contributed by atoms with Crippen LogP contribution in [0.4, 0.5) is 4.79 Å². The third kappa shape index (κ3) is 2.90. The van der Waals surface area contributed by atoms with Crippen LogP contribution in [0.5, 0.6) is 5.75 Å². The van der Waals surface area contributed by atoms with Crippen molar-refractivity contribution in [2.45, 2.75) is 0 Å². The van der Waals surface area contributed by atoms with Crippen molar-refractivity contribution in [2.75, 3.05) is 0 Å². The van der Waals surface area contributed by atoms with Crippen LogP contribution in [0.2, 0.25) is 0 Å². The van der Waals surface area contributed by atoms with Gasteiger partial charge < -0.3 is 9.84 Å². The molecule has 0 aliphatic rings. The minimum atomic E-state index is -1.29. The number of carboxylic acid groups (broad SMARTS) is 1. The van der Waals surface area contributed by atoms with Crippen molar-refractivity contribution in [1.29, 1.82) is 0 Å². The fourth-order valence-corrected chi connectivity index (χ4v) is 1.33. The Morgan fingerprint density at radius 3 is 2.40 bits per heavy atom. The largest absolute Gasteiger partial charge is 0.511 e. The predicted molar refractivity (Wildman–Crippen MR) is 58.4 cm³/mol. The first-order valence-electron chi connectivity index (χ1n) is 4.15. The first kappa shape index (κ1) is 11.9. The van der Waals surface area contributed by atoms with Gasteiger partial charge in [-0.3, -0.25) is 0 Å². The standard InChI is InChI=1S/C11H8O3.Bi/c12-11(13)14-10-6-5-8-3-1-2-4-9(8)7-10;/h1-7H,(H,12,13);. The third-order valence-corrected chi connectivity index (χ3v) is 1.93. The van der Waals surface area contributed by atoms with Crippen LogP contribution in [-0.4, -0.2) is 37.5 Å². The molecule has 0 fully saturated rings. The quantitative estimate of drug-likeness (QED) is 0.457. The Morgan fingerprint density at radius 2 is 1.73 bits per heavy atom. The summed E-state index contributed by atoms with van der Waals surface area (Å²) in [7, 11) is 0. The van der Waals surface area contributed by atoms with Crippen molar-refractivity contribution in [3.05, 3.63) is 42.5 Å². The molecule has 0 atom stereocenters. The van der Waals surface area contributed by atoms with Crippen LogP contribution in [0, 0.1) is 0 Å². The smallest absolute Gasteiger partial charge is 0.449 e. The molecular weight excluding hydrogens is 389 g/mol. The van der Waals surface area contributed by atoms with Gasteiger partial charge in [-0.15, -0.1) is 0 Å². The minimum Gasteiger partial charge on any atom is -0.449 e. The van der Waals surface area contributed by atoms with Gasteiger partial charge in [0, 0.05) is 26.2 Å². The molecule has 2 rings (SSSR count). The van der Waals surface area contributed by atoms with E-state index >= 15 is 0 Å². The molecule has 1 N–H and O–H groups in total. The molecule has 75 valence electrons. The van der Waals surface area contributed by atoms with Gasteiger partial charge >= 0.3 is 6.16 Å². The number of carbonyl (C=O) groups is 1. The van der Waals surface area contributed by atoms with Crippen LogP contribution in [0.3, 0.4) is 0 Å². The summed E-state index contributed by atoms with van der Waals surface area (Å²) in [4.78, 5) is 10.3. The van der Waals surface area contributed by atoms with E-state index in [0.717, 1.165) is 10.8 Å². The van der Waals surface area contributed by atoms with E-state index in [-0.39, 0.29) is 26.2 Å². The van der Waals surface area contributed by atoms with E-state index in [1.165, 1.54) is 0 Å². The fourth-order valence-electron chi connectivity index (χ4n) is 1.33. The van der Waals surface area contributed by atoms with E-state index < -0.39 is 6.16 Å². The van der Waals surface area contributed by atoms with E-state index in [9.17, 15) is 4.79 Å². The maximum Gasteiger partial charge on any atom is 0.511 e. The number of hydrogen-bond donors (Lipinski definition) is 1. The molecule has 0 unspecified atom stereocenters. The molecule has 0 amide bonds. The molecule has 3 nitrogen and oxygen atoms in total. The van der Waals surface area contributed by atoms with Gasteiger partial charge in [-0.1, -0.05) is 30.3 Å². The summed E-state index contributed by atoms with van der Waals surface area (Å²) in [5.41, 5.74) is 0. The van der Waals surface area contributed by atoms with E-state index in [1.807, 2.05) is 30.3 Å². The zero-order valence-electron chi connectivity index (χ0n) is 7.75. The second kappa shape index (κ2) is 5.08. The maximum atomic E-state index is 10.3. The van der Waals surface area contributed by atoms with Crippen molar-refractivity contribution in [3.63, 3.8) is 0 Å². The summed E-state index contributed by atoms with van der Waals surface area (Å²) in [6.45, 7) is 0.